The van der Waals surface area contributed by atoms with Crippen LogP contribution in [0.4, 0.5) is 0 Å². The highest BCUT2D eigenvalue weighted by Gasteiger charge is 2.42. The fourth-order valence-corrected chi connectivity index (χ4v) is 3.50. The van der Waals surface area contributed by atoms with Gasteiger partial charge in [-0.05, 0) is 32.1 Å². The number of carbonyl (C=O) groups excluding carboxylic acids is 1. The smallest absolute Gasteiger partial charge is 0.230 e. The summed E-state index contributed by atoms with van der Waals surface area (Å²) in [5.41, 5.74) is 5.59. The fourth-order valence-electron chi connectivity index (χ4n) is 3.50. The molecule has 0 radical (unpaired) electrons. The first kappa shape index (κ1) is 13.8. The molecular weight excluding hydrogens is 228 g/mol. The number of amides is 1. The lowest BCUT2D eigenvalue weighted by molar-refractivity contribution is -0.148. The minimum absolute atomic E-state index is 0.0246. The van der Waals surface area contributed by atoms with Gasteiger partial charge in [0, 0.05) is 13.1 Å². The molecule has 2 fully saturated rings. The SMILES string of the molecule is NCC1(C(=O)N2CCCCC2CO)CCCCC1. The molecule has 2 rings (SSSR count). The van der Waals surface area contributed by atoms with Gasteiger partial charge in [-0.25, -0.2) is 0 Å². The number of nitrogens with zero attached hydrogens (tertiary/aromatic N) is 1. The van der Waals surface area contributed by atoms with Gasteiger partial charge in [-0.2, -0.15) is 0 Å². The molecule has 0 bridgehead atoms. The molecule has 1 aliphatic carbocycles. The molecule has 1 aliphatic heterocycles. The normalized spacial score (nSPS) is 28.1. The molecule has 3 N–H and O–H groups in total. The summed E-state index contributed by atoms with van der Waals surface area (Å²) in [7, 11) is 0. The Morgan fingerprint density at radius 3 is 2.56 bits per heavy atom. The van der Waals surface area contributed by atoms with E-state index in [4.69, 9.17) is 5.73 Å². The second kappa shape index (κ2) is 6.02. The van der Waals surface area contributed by atoms with E-state index in [1.165, 1.54) is 6.42 Å². The van der Waals surface area contributed by atoms with Crippen molar-refractivity contribution in [2.24, 2.45) is 11.1 Å². The molecular formula is C14H26N2O2. The van der Waals surface area contributed by atoms with Gasteiger partial charge in [0.05, 0.1) is 18.1 Å². The maximum atomic E-state index is 12.8. The molecule has 18 heavy (non-hydrogen) atoms. The standard InChI is InChI=1S/C14H26N2O2/c15-11-14(7-3-1-4-8-14)13(18)16-9-5-2-6-12(16)10-17/h12,17H,1-11,15H2. The van der Waals surface area contributed by atoms with Gasteiger partial charge >= 0.3 is 0 Å². The number of nitrogens with two attached hydrogens (primary N) is 1. The predicted molar refractivity (Wildman–Crippen MR) is 71.0 cm³/mol. The summed E-state index contributed by atoms with van der Waals surface area (Å²) in [6.45, 7) is 1.35. The number of piperidine rings is 1. The van der Waals surface area contributed by atoms with Crippen LogP contribution in [0.25, 0.3) is 0 Å². The molecule has 0 aromatic rings. The van der Waals surface area contributed by atoms with Crippen LogP contribution in [0, 0.1) is 5.41 Å². The third-order valence-corrected chi connectivity index (χ3v) is 4.75. The van der Waals surface area contributed by atoms with Gasteiger partial charge in [0.2, 0.25) is 5.91 Å². The summed E-state index contributed by atoms with van der Waals surface area (Å²) < 4.78 is 0. The number of rotatable bonds is 3. The molecule has 4 nitrogen and oxygen atoms in total. The van der Waals surface area contributed by atoms with Crippen molar-refractivity contribution < 1.29 is 9.90 Å². The van der Waals surface area contributed by atoms with Crippen molar-refractivity contribution in [2.75, 3.05) is 19.7 Å². The zero-order valence-electron chi connectivity index (χ0n) is 11.2. The maximum Gasteiger partial charge on any atom is 0.230 e. The first-order valence-corrected chi connectivity index (χ1v) is 7.35. The summed E-state index contributed by atoms with van der Waals surface area (Å²) in [6, 6.07) is 0.0246. The van der Waals surface area contributed by atoms with Crippen molar-refractivity contribution in [3.63, 3.8) is 0 Å². The summed E-state index contributed by atoms with van der Waals surface area (Å²) in [6.07, 6.45) is 8.41. The highest BCUT2D eigenvalue weighted by Crippen LogP contribution is 2.38. The molecule has 0 spiro atoms. The van der Waals surface area contributed by atoms with E-state index in [1.54, 1.807) is 0 Å². The monoisotopic (exact) mass is 254 g/mol. The molecule has 1 saturated heterocycles. The Hall–Kier alpha value is -0.610. The Morgan fingerprint density at radius 1 is 1.22 bits per heavy atom. The number of likely N-dealkylation sites (tertiary alicyclic amines) is 1. The quantitative estimate of drug-likeness (QED) is 0.797. The average Bonchev–Trinajstić information content (AvgIpc) is 2.47. The zero-order valence-corrected chi connectivity index (χ0v) is 11.2. The number of hydrogen-bond donors (Lipinski definition) is 2. The molecule has 2 aliphatic rings. The number of carbonyl (C=O) groups is 1. The van der Waals surface area contributed by atoms with Crippen LogP contribution in [0.5, 0.6) is 0 Å². The van der Waals surface area contributed by atoms with Crippen LogP contribution in [0.15, 0.2) is 0 Å². The van der Waals surface area contributed by atoms with Gasteiger partial charge in [0.1, 0.15) is 0 Å². The topological polar surface area (TPSA) is 66.6 Å². The lowest BCUT2D eigenvalue weighted by Crippen LogP contribution is -2.54. The van der Waals surface area contributed by atoms with Crippen molar-refractivity contribution >= 4 is 5.91 Å². The van der Waals surface area contributed by atoms with E-state index in [1.807, 2.05) is 4.90 Å². The second-order valence-corrected chi connectivity index (χ2v) is 5.88. The van der Waals surface area contributed by atoms with Gasteiger partial charge in [0.15, 0.2) is 0 Å². The van der Waals surface area contributed by atoms with Crippen LogP contribution in [0.1, 0.15) is 51.4 Å². The highest BCUT2D eigenvalue weighted by atomic mass is 16.3. The minimum Gasteiger partial charge on any atom is -0.394 e. The molecule has 1 amide bonds. The van der Waals surface area contributed by atoms with Crippen LogP contribution in [-0.4, -0.2) is 41.7 Å². The van der Waals surface area contributed by atoms with Crippen LogP contribution >= 0.6 is 0 Å². The second-order valence-electron chi connectivity index (χ2n) is 5.88. The largest absolute Gasteiger partial charge is 0.394 e. The van der Waals surface area contributed by atoms with E-state index in [2.05, 4.69) is 0 Å². The fraction of sp³-hybridized carbons (Fsp3) is 0.929. The molecule has 104 valence electrons. The first-order valence-electron chi connectivity index (χ1n) is 7.35. The van der Waals surface area contributed by atoms with Crippen molar-refractivity contribution in [1.29, 1.82) is 0 Å². The summed E-state index contributed by atoms with van der Waals surface area (Å²) in [5, 5.41) is 9.44. The van der Waals surface area contributed by atoms with E-state index in [9.17, 15) is 9.90 Å². The summed E-state index contributed by atoms with van der Waals surface area (Å²) in [5.74, 6) is 0.212. The van der Waals surface area contributed by atoms with Gasteiger partial charge in [-0.1, -0.05) is 19.3 Å². The molecule has 4 heteroatoms. The summed E-state index contributed by atoms with van der Waals surface area (Å²) in [4.78, 5) is 14.7. The minimum atomic E-state index is -0.330. The van der Waals surface area contributed by atoms with E-state index in [0.29, 0.717) is 6.54 Å². The maximum absolute atomic E-state index is 12.8. The Bertz CT molecular complexity index is 288. The lowest BCUT2D eigenvalue weighted by atomic mass is 9.72. The van der Waals surface area contributed by atoms with Crippen LogP contribution in [0.2, 0.25) is 0 Å². The predicted octanol–water partition coefficient (Wildman–Crippen LogP) is 1.27. The third-order valence-electron chi connectivity index (χ3n) is 4.75. The third kappa shape index (κ3) is 2.54. The van der Waals surface area contributed by atoms with E-state index >= 15 is 0 Å². The molecule has 1 heterocycles. The Labute approximate surface area is 110 Å². The van der Waals surface area contributed by atoms with Gasteiger partial charge in [0.25, 0.3) is 0 Å². The van der Waals surface area contributed by atoms with Crippen molar-refractivity contribution in [1.82, 2.24) is 4.90 Å². The average molecular weight is 254 g/mol. The van der Waals surface area contributed by atoms with Crippen LogP contribution in [-0.2, 0) is 4.79 Å². The number of aliphatic hydroxyl groups excluding tert-OH is 1. The van der Waals surface area contributed by atoms with Gasteiger partial charge < -0.3 is 15.7 Å². The van der Waals surface area contributed by atoms with Crippen molar-refractivity contribution in [2.45, 2.75) is 57.4 Å². The van der Waals surface area contributed by atoms with E-state index in [-0.39, 0.29) is 24.0 Å². The highest BCUT2D eigenvalue weighted by molar-refractivity contribution is 5.83. The zero-order chi connectivity index (χ0) is 13.0. The molecule has 1 saturated carbocycles. The van der Waals surface area contributed by atoms with E-state index in [0.717, 1.165) is 51.5 Å². The van der Waals surface area contributed by atoms with Crippen LogP contribution in [0.3, 0.4) is 0 Å². The number of aliphatic hydroxyl groups is 1. The molecule has 1 unspecified atom stereocenters. The number of hydrogen-bond acceptors (Lipinski definition) is 3. The van der Waals surface area contributed by atoms with Gasteiger partial charge in [-0.15, -0.1) is 0 Å². The Morgan fingerprint density at radius 2 is 1.94 bits per heavy atom. The Kier molecular flexibility index (Phi) is 4.62. The lowest BCUT2D eigenvalue weighted by Gasteiger charge is -2.43. The van der Waals surface area contributed by atoms with Gasteiger partial charge in [-0.3, -0.25) is 4.79 Å². The van der Waals surface area contributed by atoms with Crippen LogP contribution < -0.4 is 5.73 Å². The first-order chi connectivity index (χ1) is 8.73. The van der Waals surface area contributed by atoms with E-state index < -0.39 is 0 Å². The van der Waals surface area contributed by atoms with Crippen molar-refractivity contribution in [3.05, 3.63) is 0 Å². The molecule has 0 aromatic heterocycles. The molecule has 1 atom stereocenters. The summed E-state index contributed by atoms with van der Waals surface area (Å²) >= 11 is 0. The molecule has 0 aromatic carbocycles. The Balaban J connectivity index is 2.11. The van der Waals surface area contributed by atoms with Crippen molar-refractivity contribution in [3.8, 4) is 0 Å².